The van der Waals surface area contributed by atoms with Crippen molar-refractivity contribution in [3.8, 4) is 29.6 Å². The smallest absolute Gasteiger partial charge is 0.271 e. The van der Waals surface area contributed by atoms with Crippen molar-refractivity contribution in [1.29, 1.82) is 0 Å². The molecule has 0 spiro atoms. The molecule has 0 unspecified atom stereocenters. The quantitative estimate of drug-likeness (QED) is 0.292. The summed E-state index contributed by atoms with van der Waals surface area (Å²) in [5, 5.41) is 4.50. The van der Waals surface area contributed by atoms with Crippen molar-refractivity contribution in [2.75, 3.05) is 13.7 Å². The summed E-state index contributed by atoms with van der Waals surface area (Å²) in [6.07, 6.45) is 6.67. The highest BCUT2D eigenvalue weighted by atomic mass is 35.5. The Morgan fingerprint density at radius 1 is 1.06 bits per heavy atom. The van der Waals surface area contributed by atoms with Gasteiger partial charge in [0, 0.05) is 16.1 Å². The number of hydrogen-bond donors (Lipinski definition) is 1. The minimum absolute atomic E-state index is 0.104. The summed E-state index contributed by atoms with van der Waals surface area (Å²) < 4.78 is 16.6. The lowest BCUT2D eigenvalue weighted by molar-refractivity contribution is 0.0954. The summed E-state index contributed by atoms with van der Waals surface area (Å²) in [6, 6.07) is 19.7. The molecule has 32 heavy (non-hydrogen) atoms. The maximum atomic E-state index is 12.5. The van der Waals surface area contributed by atoms with E-state index < -0.39 is 5.91 Å². The summed E-state index contributed by atoms with van der Waals surface area (Å²) >= 11 is 6.03. The molecular weight excluding hydrogens is 428 g/mol. The molecule has 0 atom stereocenters. The first kappa shape index (κ1) is 22.7. The number of nitrogens with one attached hydrogen (secondary N) is 1. The molecule has 0 saturated heterocycles. The summed E-state index contributed by atoms with van der Waals surface area (Å²) in [5.74, 6) is 3.46. The standard InChI is InChI=1S/C25H21ClN2O4/c1-3-13-31-22-12-10-21(26)14-20(22)16-27-28-25(29)19-9-11-23(24(15-19)30-2)32-17-18-7-5-4-6-8-18/h1,4-12,14-16H,13,17H2,2H3,(H,28,29)/b27-16+. The third-order valence-electron chi connectivity index (χ3n) is 4.32. The van der Waals surface area contributed by atoms with E-state index in [-0.39, 0.29) is 6.61 Å². The number of nitrogens with zero attached hydrogens (tertiary/aromatic N) is 1. The number of benzene rings is 3. The first-order valence-corrected chi connectivity index (χ1v) is 10.0. The van der Waals surface area contributed by atoms with Crippen LogP contribution in [0.4, 0.5) is 0 Å². The molecule has 3 rings (SSSR count). The number of methoxy groups -OCH3 is 1. The van der Waals surface area contributed by atoms with Crippen molar-refractivity contribution >= 4 is 23.7 Å². The van der Waals surface area contributed by atoms with Gasteiger partial charge in [0.05, 0.1) is 13.3 Å². The van der Waals surface area contributed by atoms with Crippen molar-refractivity contribution < 1.29 is 19.0 Å². The van der Waals surface area contributed by atoms with Gasteiger partial charge in [0.1, 0.15) is 19.0 Å². The van der Waals surface area contributed by atoms with E-state index in [9.17, 15) is 4.79 Å². The van der Waals surface area contributed by atoms with Crippen molar-refractivity contribution in [2.24, 2.45) is 5.10 Å². The molecule has 3 aromatic carbocycles. The van der Waals surface area contributed by atoms with Gasteiger partial charge < -0.3 is 14.2 Å². The third kappa shape index (κ3) is 6.27. The van der Waals surface area contributed by atoms with Gasteiger partial charge in [-0.2, -0.15) is 5.10 Å². The normalized spacial score (nSPS) is 10.4. The van der Waals surface area contributed by atoms with Crippen molar-refractivity contribution in [3.63, 3.8) is 0 Å². The van der Waals surface area contributed by atoms with Crippen LogP contribution in [-0.2, 0) is 6.61 Å². The minimum atomic E-state index is -0.415. The van der Waals surface area contributed by atoms with Crippen LogP contribution >= 0.6 is 11.6 Å². The molecule has 0 fully saturated rings. The zero-order valence-corrected chi connectivity index (χ0v) is 18.1. The lowest BCUT2D eigenvalue weighted by Crippen LogP contribution is -2.17. The van der Waals surface area contributed by atoms with Gasteiger partial charge >= 0.3 is 0 Å². The van der Waals surface area contributed by atoms with Crippen molar-refractivity contribution in [3.05, 3.63) is 88.4 Å². The van der Waals surface area contributed by atoms with Gasteiger partial charge in [0.2, 0.25) is 0 Å². The van der Waals surface area contributed by atoms with Gasteiger partial charge in [0.15, 0.2) is 11.5 Å². The SMILES string of the molecule is C#CCOc1ccc(Cl)cc1/C=N/NC(=O)c1ccc(OCc2ccccc2)c(OC)c1. The summed E-state index contributed by atoms with van der Waals surface area (Å²) in [5.41, 5.74) is 4.44. The molecule has 1 amide bonds. The number of halogens is 1. The van der Waals surface area contributed by atoms with Gasteiger partial charge in [-0.1, -0.05) is 47.9 Å². The molecule has 162 valence electrons. The Balaban J connectivity index is 1.66. The van der Waals surface area contributed by atoms with Crippen molar-refractivity contribution in [1.82, 2.24) is 5.43 Å². The Morgan fingerprint density at radius 2 is 1.84 bits per heavy atom. The highest BCUT2D eigenvalue weighted by Gasteiger charge is 2.11. The number of ether oxygens (including phenoxy) is 3. The van der Waals surface area contributed by atoms with E-state index in [1.54, 1.807) is 36.4 Å². The van der Waals surface area contributed by atoms with Crippen LogP contribution in [0.15, 0.2) is 71.8 Å². The predicted octanol–water partition coefficient (Wildman–Crippen LogP) is 4.70. The van der Waals surface area contributed by atoms with Crippen LogP contribution in [0.2, 0.25) is 5.02 Å². The number of amides is 1. The molecule has 0 bridgehead atoms. The van der Waals surface area contributed by atoms with Crippen LogP contribution in [0.25, 0.3) is 0 Å². The van der Waals surface area contributed by atoms with Crippen LogP contribution in [0.3, 0.4) is 0 Å². The Kier molecular flexibility index (Phi) is 8.13. The molecule has 0 aliphatic rings. The number of carbonyl (C=O) groups excluding carboxylic acids is 1. The lowest BCUT2D eigenvalue weighted by Gasteiger charge is -2.12. The molecule has 6 nitrogen and oxygen atoms in total. The van der Waals surface area contributed by atoms with E-state index in [1.165, 1.54) is 13.3 Å². The van der Waals surface area contributed by atoms with Crippen LogP contribution in [0.1, 0.15) is 21.5 Å². The molecule has 0 aliphatic heterocycles. The Bertz CT molecular complexity index is 1140. The monoisotopic (exact) mass is 448 g/mol. The fourth-order valence-electron chi connectivity index (χ4n) is 2.76. The predicted molar refractivity (Wildman–Crippen MR) is 125 cm³/mol. The second-order valence-corrected chi connectivity index (χ2v) is 6.95. The van der Waals surface area contributed by atoms with Crippen LogP contribution in [-0.4, -0.2) is 25.8 Å². The molecule has 0 aliphatic carbocycles. The van der Waals surface area contributed by atoms with E-state index in [4.69, 9.17) is 32.2 Å². The van der Waals surface area contributed by atoms with Crippen LogP contribution in [0, 0.1) is 12.3 Å². The average molecular weight is 449 g/mol. The fourth-order valence-corrected chi connectivity index (χ4v) is 2.94. The van der Waals surface area contributed by atoms with Crippen LogP contribution < -0.4 is 19.6 Å². The summed E-state index contributed by atoms with van der Waals surface area (Å²) in [4.78, 5) is 12.5. The van der Waals surface area contributed by atoms with Gasteiger partial charge in [-0.3, -0.25) is 4.79 Å². The summed E-state index contributed by atoms with van der Waals surface area (Å²) in [7, 11) is 1.52. The second kappa shape index (κ2) is 11.4. The first-order valence-electron chi connectivity index (χ1n) is 9.64. The molecule has 0 saturated carbocycles. The van der Waals surface area contributed by atoms with Gasteiger partial charge in [-0.15, -0.1) is 6.42 Å². The fraction of sp³-hybridized carbons (Fsp3) is 0.120. The largest absolute Gasteiger partial charge is 0.493 e. The lowest BCUT2D eigenvalue weighted by atomic mass is 10.2. The molecule has 3 aromatic rings. The number of rotatable bonds is 9. The minimum Gasteiger partial charge on any atom is -0.493 e. The topological polar surface area (TPSA) is 69.2 Å². The van der Waals surface area contributed by atoms with E-state index in [0.29, 0.717) is 40.0 Å². The van der Waals surface area contributed by atoms with E-state index in [1.807, 2.05) is 30.3 Å². The zero-order valence-electron chi connectivity index (χ0n) is 17.4. The maximum Gasteiger partial charge on any atom is 0.271 e. The van der Waals surface area contributed by atoms with E-state index >= 15 is 0 Å². The van der Waals surface area contributed by atoms with Crippen LogP contribution in [0.5, 0.6) is 17.2 Å². The first-order chi connectivity index (χ1) is 15.6. The molecule has 0 aromatic heterocycles. The number of hydrogen-bond acceptors (Lipinski definition) is 5. The number of terminal acetylenes is 1. The summed E-state index contributed by atoms with van der Waals surface area (Å²) in [6.45, 7) is 0.490. The number of carbonyl (C=O) groups is 1. The maximum absolute atomic E-state index is 12.5. The molecule has 0 heterocycles. The highest BCUT2D eigenvalue weighted by molar-refractivity contribution is 6.30. The van der Waals surface area contributed by atoms with E-state index in [2.05, 4.69) is 16.4 Å². The van der Waals surface area contributed by atoms with Crippen molar-refractivity contribution in [2.45, 2.75) is 6.61 Å². The van der Waals surface area contributed by atoms with Gasteiger partial charge in [-0.25, -0.2) is 5.43 Å². The molecular formula is C25H21ClN2O4. The highest BCUT2D eigenvalue weighted by Crippen LogP contribution is 2.29. The van der Waals surface area contributed by atoms with Gasteiger partial charge in [-0.05, 0) is 42.0 Å². The molecule has 1 N–H and O–H groups in total. The number of hydrazone groups is 1. The average Bonchev–Trinajstić information content (AvgIpc) is 2.82. The second-order valence-electron chi connectivity index (χ2n) is 6.51. The van der Waals surface area contributed by atoms with E-state index in [0.717, 1.165) is 5.56 Å². The Hall–Kier alpha value is -3.95. The molecule has 7 heteroatoms. The Morgan fingerprint density at radius 3 is 2.59 bits per heavy atom. The molecule has 0 radical (unpaired) electrons. The zero-order chi connectivity index (χ0) is 22.8. The third-order valence-corrected chi connectivity index (χ3v) is 4.55. The Labute approximate surface area is 191 Å². The van der Waals surface area contributed by atoms with Gasteiger partial charge in [0.25, 0.3) is 5.91 Å².